The fourth-order valence-corrected chi connectivity index (χ4v) is 6.42. The molecule has 0 amide bonds. The Labute approximate surface area is 434 Å². The van der Waals surface area contributed by atoms with Crippen LogP contribution in [0.2, 0.25) is 0 Å². The molecular formula is C12H16Na6O29S6. The van der Waals surface area contributed by atoms with Crippen LogP contribution in [-0.4, -0.2) is 163 Å². The normalized spacial score (nSPS) is 29.4. The van der Waals surface area contributed by atoms with E-state index in [2.05, 4.69) is 25.1 Å². The molecule has 53 heavy (non-hydrogen) atoms. The van der Waals surface area contributed by atoms with Gasteiger partial charge < -0.3 is 51.7 Å². The smallest absolute Gasteiger partial charge is 0.726 e. The van der Waals surface area contributed by atoms with Crippen LogP contribution in [0.4, 0.5) is 0 Å². The van der Waals surface area contributed by atoms with Crippen LogP contribution in [0.15, 0.2) is 0 Å². The first-order valence-electron chi connectivity index (χ1n) is 10.9. The van der Waals surface area contributed by atoms with Crippen molar-refractivity contribution in [1.29, 1.82) is 0 Å². The molecule has 9 atom stereocenters. The van der Waals surface area contributed by atoms with Crippen LogP contribution in [0.5, 0.6) is 0 Å². The van der Waals surface area contributed by atoms with Gasteiger partial charge in [0, 0.05) is 0 Å². The fourth-order valence-electron chi connectivity index (χ4n) is 3.84. The Balaban J connectivity index is -0.00000128. The number of aliphatic hydroxyl groups is 2. The van der Waals surface area contributed by atoms with E-state index in [1.807, 2.05) is 0 Å². The van der Waals surface area contributed by atoms with Gasteiger partial charge in [0.15, 0.2) is 18.5 Å². The summed E-state index contributed by atoms with van der Waals surface area (Å²) in [5, 5.41) is 19.8. The molecular weight excluding hydrogens is 938 g/mol. The van der Waals surface area contributed by atoms with Gasteiger partial charge in [0.1, 0.15) is 37.1 Å². The van der Waals surface area contributed by atoms with E-state index >= 15 is 0 Å². The summed E-state index contributed by atoms with van der Waals surface area (Å²) in [5.41, 5.74) is 0. The molecule has 2 aliphatic rings. The summed E-state index contributed by atoms with van der Waals surface area (Å²) in [6.07, 6.45) is -23.8. The number of hydrogen-bond acceptors (Lipinski definition) is 29. The molecule has 2 aliphatic heterocycles. The van der Waals surface area contributed by atoms with E-state index < -0.39 is 137 Å². The van der Waals surface area contributed by atoms with Crippen LogP contribution >= 0.6 is 0 Å². The van der Waals surface area contributed by atoms with Crippen molar-refractivity contribution in [1.82, 2.24) is 0 Å². The summed E-state index contributed by atoms with van der Waals surface area (Å²) in [5.74, 6) is -3.99. The number of ether oxygens (including phenoxy) is 3. The zero-order valence-electron chi connectivity index (χ0n) is 27.6. The van der Waals surface area contributed by atoms with Crippen molar-refractivity contribution < 1.29 is 305 Å². The summed E-state index contributed by atoms with van der Waals surface area (Å²) in [4.78, 5) is 0. The van der Waals surface area contributed by atoms with Crippen molar-refractivity contribution in [2.75, 3.05) is 19.8 Å². The van der Waals surface area contributed by atoms with Crippen LogP contribution in [0.1, 0.15) is 0 Å². The first-order valence-corrected chi connectivity index (χ1v) is 18.9. The zero-order chi connectivity index (χ0) is 36.6. The van der Waals surface area contributed by atoms with Gasteiger partial charge in [0.2, 0.25) is 68.2 Å². The molecule has 2 N–H and O–H groups in total. The van der Waals surface area contributed by atoms with Gasteiger partial charge in [-0.1, -0.05) is 0 Å². The molecule has 0 spiro atoms. The molecule has 2 rings (SSSR count). The van der Waals surface area contributed by atoms with E-state index in [-0.39, 0.29) is 177 Å². The Morgan fingerprint density at radius 1 is 0.547 bits per heavy atom. The first-order chi connectivity index (χ1) is 20.8. The quantitative estimate of drug-likeness (QED) is 0.0776. The third-order valence-corrected chi connectivity index (χ3v) is 7.90. The minimum absolute atomic E-state index is 0. The third-order valence-electron chi connectivity index (χ3n) is 5.25. The molecule has 280 valence electrons. The predicted molar refractivity (Wildman–Crippen MR) is 120 cm³/mol. The molecule has 0 aliphatic carbocycles. The Morgan fingerprint density at radius 3 is 1.32 bits per heavy atom. The van der Waals surface area contributed by atoms with Crippen LogP contribution in [0.25, 0.3) is 0 Å². The number of hydrogen-bond donors (Lipinski definition) is 2. The molecule has 2 saturated heterocycles. The minimum Gasteiger partial charge on any atom is -0.726 e. The van der Waals surface area contributed by atoms with Crippen LogP contribution in [-0.2, 0) is 102 Å². The van der Waals surface area contributed by atoms with E-state index in [1.54, 1.807) is 0 Å². The van der Waals surface area contributed by atoms with Gasteiger partial charge in [0.25, 0.3) is 0 Å². The van der Waals surface area contributed by atoms with Crippen molar-refractivity contribution in [2.24, 2.45) is 0 Å². The summed E-state index contributed by atoms with van der Waals surface area (Å²) in [7, 11) is -36.9. The Kier molecular flexibility index (Phi) is 32.9. The molecule has 0 unspecified atom stereocenters. The van der Waals surface area contributed by atoms with Gasteiger partial charge in [-0.3, -0.25) is 25.1 Å². The van der Waals surface area contributed by atoms with Crippen LogP contribution in [0, 0.1) is 0 Å². The van der Waals surface area contributed by atoms with Crippen LogP contribution in [0.3, 0.4) is 0 Å². The monoisotopic (exact) mass is 954 g/mol. The van der Waals surface area contributed by atoms with Crippen LogP contribution < -0.4 is 177 Å². The van der Waals surface area contributed by atoms with Gasteiger partial charge in [-0.05, 0) is 0 Å². The van der Waals surface area contributed by atoms with Gasteiger partial charge in [-0.15, -0.1) is 0 Å². The standard InChI is InChI=1S/C12H22O29S6.6Na/c13-1-4-6(14)8(39-45(24,25)26)9(40-46(27,28)29)11(35-4)37-12(3-34-43(18,19)20)10(41-47(30,31)32)7(38-44(21,22)23)5(36-12)2-33-42(15,16)17;;;;;;/h4-11,13-14H,1-3H2,(H,15,16,17)(H,18,19,20)(H,21,22,23)(H,24,25,26)(H,27,28,29)(H,30,31,32);;;;;;/q;6*+1/p-6/t4-,5-,6-,7-,8+,9-,10+,11-,12+;;;;;;/m1....../s1. The summed E-state index contributed by atoms with van der Waals surface area (Å²) in [6.45, 7) is -5.71. The van der Waals surface area contributed by atoms with E-state index in [0.717, 1.165) is 0 Å². The zero-order valence-corrected chi connectivity index (χ0v) is 44.5. The molecule has 2 fully saturated rings. The van der Waals surface area contributed by atoms with Gasteiger partial charge >= 0.3 is 177 Å². The molecule has 0 radical (unpaired) electrons. The molecule has 29 nitrogen and oxygen atoms in total. The average Bonchev–Trinajstić information content (AvgIpc) is 3.08. The van der Waals surface area contributed by atoms with E-state index in [0.29, 0.717) is 0 Å². The Bertz CT molecular complexity index is 1790. The molecule has 0 aromatic rings. The average molecular weight is 955 g/mol. The third kappa shape index (κ3) is 24.5. The summed E-state index contributed by atoms with van der Waals surface area (Å²) >= 11 is 0. The molecule has 2 heterocycles. The van der Waals surface area contributed by atoms with Crippen molar-refractivity contribution in [2.45, 2.75) is 54.8 Å². The fraction of sp³-hybridized carbons (Fsp3) is 1.00. The molecule has 0 aromatic heterocycles. The van der Waals surface area contributed by atoms with Crippen molar-refractivity contribution in [3.05, 3.63) is 0 Å². The maximum atomic E-state index is 11.6. The van der Waals surface area contributed by atoms with E-state index in [1.165, 1.54) is 0 Å². The van der Waals surface area contributed by atoms with E-state index in [9.17, 15) is 88.0 Å². The minimum atomic E-state index is -6.36. The summed E-state index contributed by atoms with van der Waals surface area (Å²) < 4.78 is 242. The second-order valence-corrected chi connectivity index (χ2v) is 14.6. The van der Waals surface area contributed by atoms with Crippen molar-refractivity contribution >= 4 is 62.4 Å². The first kappa shape index (κ1) is 67.1. The second-order valence-electron chi connectivity index (χ2n) is 8.50. The Morgan fingerprint density at radius 2 is 0.943 bits per heavy atom. The molecule has 0 aromatic carbocycles. The number of rotatable bonds is 17. The summed E-state index contributed by atoms with van der Waals surface area (Å²) in [6, 6.07) is 0. The van der Waals surface area contributed by atoms with Gasteiger partial charge in [-0.2, -0.15) is 0 Å². The molecule has 0 saturated carbocycles. The SMILES string of the molecule is O=S(=O)([O-])OC[C@H]1O[C@@](COS(=O)(=O)[O-])(O[C@H]2O[C@H](CO)[C@@H](O)[C@H](OS(=O)(=O)[O-])[C@H]2OS(=O)(=O)[O-])[C@@H](OS(=O)(=O)[O-])[C@@H]1OS(=O)(=O)[O-].[Na+].[Na+].[Na+].[Na+].[Na+].[Na+]. The maximum absolute atomic E-state index is 11.6. The maximum Gasteiger partial charge on any atom is 1.00 e. The van der Waals surface area contributed by atoms with E-state index in [4.69, 9.17) is 14.2 Å². The topological polar surface area (TPSA) is 467 Å². The molecule has 41 heteroatoms. The van der Waals surface area contributed by atoms with Crippen molar-refractivity contribution in [3.63, 3.8) is 0 Å². The van der Waals surface area contributed by atoms with Crippen molar-refractivity contribution in [3.8, 4) is 0 Å². The number of aliphatic hydroxyl groups excluding tert-OH is 2. The largest absolute Gasteiger partial charge is 1.00 e. The van der Waals surface area contributed by atoms with Gasteiger partial charge in [-0.25, -0.2) is 50.5 Å². The van der Waals surface area contributed by atoms with Gasteiger partial charge in [0.05, 0.1) is 13.2 Å². The second kappa shape index (κ2) is 26.0. The predicted octanol–water partition coefficient (Wildman–Crippen LogP) is -26.5. The Hall–Kier alpha value is 5.02. The molecule has 0 bridgehead atoms.